The van der Waals surface area contributed by atoms with E-state index in [0.717, 1.165) is 24.5 Å². The average Bonchev–Trinajstić information content (AvgIpc) is 2.84. The fourth-order valence-electron chi connectivity index (χ4n) is 2.20. The standard InChI is InChI=1S/C14H20N4/c1-4-18-9-8-16-13(18)10-12(15-3)14-11(2)6-5-7-17-14/h5-9,12,15H,4,10H2,1-3H3. The van der Waals surface area contributed by atoms with Crippen LogP contribution in [0, 0.1) is 6.92 Å². The van der Waals surface area contributed by atoms with Crippen LogP contribution in [0.25, 0.3) is 0 Å². The first kappa shape index (κ1) is 12.8. The summed E-state index contributed by atoms with van der Waals surface area (Å²) >= 11 is 0. The van der Waals surface area contributed by atoms with E-state index in [4.69, 9.17) is 0 Å². The molecule has 2 aromatic rings. The second-order valence-corrected chi connectivity index (χ2v) is 4.38. The fourth-order valence-corrected chi connectivity index (χ4v) is 2.20. The Balaban J connectivity index is 2.23. The summed E-state index contributed by atoms with van der Waals surface area (Å²) in [5.41, 5.74) is 2.32. The Morgan fingerprint density at radius 2 is 2.17 bits per heavy atom. The van der Waals surface area contributed by atoms with E-state index >= 15 is 0 Å². The summed E-state index contributed by atoms with van der Waals surface area (Å²) in [6.45, 7) is 5.18. The second kappa shape index (κ2) is 5.78. The summed E-state index contributed by atoms with van der Waals surface area (Å²) in [7, 11) is 1.97. The van der Waals surface area contributed by atoms with Gasteiger partial charge in [-0.2, -0.15) is 0 Å². The van der Waals surface area contributed by atoms with Gasteiger partial charge < -0.3 is 9.88 Å². The zero-order valence-corrected chi connectivity index (χ0v) is 11.2. The highest BCUT2D eigenvalue weighted by molar-refractivity contribution is 5.22. The molecule has 0 radical (unpaired) electrons. The van der Waals surface area contributed by atoms with Gasteiger partial charge in [0.1, 0.15) is 5.82 Å². The number of aromatic nitrogens is 3. The molecule has 2 heterocycles. The number of aryl methyl sites for hydroxylation is 2. The molecule has 0 saturated carbocycles. The molecular weight excluding hydrogens is 224 g/mol. The number of hydrogen-bond donors (Lipinski definition) is 1. The number of nitrogens with zero attached hydrogens (tertiary/aromatic N) is 3. The van der Waals surface area contributed by atoms with Gasteiger partial charge in [-0.25, -0.2) is 4.98 Å². The van der Waals surface area contributed by atoms with Crippen LogP contribution in [0.4, 0.5) is 0 Å². The van der Waals surface area contributed by atoms with Gasteiger partial charge in [-0.15, -0.1) is 0 Å². The number of rotatable bonds is 5. The molecule has 0 amide bonds. The van der Waals surface area contributed by atoms with E-state index in [0.29, 0.717) is 0 Å². The lowest BCUT2D eigenvalue weighted by molar-refractivity contribution is 0.538. The summed E-state index contributed by atoms with van der Waals surface area (Å²) in [5.74, 6) is 1.10. The molecule has 0 aliphatic carbocycles. The maximum absolute atomic E-state index is 4.49. The molecule has 0 aliphatic rings. The summed E-state index contributed by atoms with van der Waals surface area (Å²) in [4.78, 5) is 8.91. The van der Waals surface area contributed by atoms with Crippen molar-refractivity contribution in [3.8, 4) is 0 Å². The minimum absolute atomic E-state index is 0.207. The lowest BCUT2D eigenvalue weighted by Crippen LogP contribution is -2.22. The zero-order chi connectivity index (χ0) is 13.0. The van der Waals surface area contributed by atoms with Gasteiger partial charge in [0.2, 0.25) is 0 Å². The number of pyridine rings is 1. The fraction of sp³-hybridized carbons (Fsp3) is 0.429. The molecule has 18 heavy (non-hydrogen) atoms. The quantitative estimate of drug-likeness (QED) is 0.876. The van der Waals surface area contributed by atoms with Crippen LogP contribution in [0.5, 0.6) is 0 Å². The second-order valence-electron chi connectivity index (χ2n) is 4.38. The Labute approximate surface area is 108 Å². The topological polar surface area (TPSA) is 42.7 Å². The monoisotopic (exact) mass is 244 g/mol. The molecular formula is C14H20N4. The molecule has 1 N–H and O–H groups in total. The van der Waals surface area contributed by atoms with Crippen molar-refractivity contribution in [2.75, 3.05) is 7.05 Å². The largest absolute Gasteiger partial charge is 0.335 e. The first-order chi connectivity index (χ1) is 8.76. The predicted molar refractivity (Wildman–Crippen MR) is 72.4 cm³/mol. The summed E-state index contributed by atoms with van der Waals surface area (Å²) in [6, 6.07) is 4.27. The minimum Gasteiger partial charge on any atom is -0.335 e. The van der Waals surface area contributed by atoms with Crippen molar-refractivity contribution in [3.05, 3.63) is 47.8 Å². The van der Waals surface area contributed by atoms with Crippen molar-refractivity contribution in [1.82, 2.24) is 19.9 Å². The lowest BCUT2D eigenvalue weighted by atomic mass is 10.0. The van der Waals surface area contributed by atoms with Crippen LogP contribution in [-0.2, 0) is 13.0 Å². The number of hydrogen-bond acceptors (Lipinski definition) is 3. The van der Waals surface area contributed by atoms with Crippen LogP contribution in [0.2, 0.25) is 0 Å². The molecule has 0 bridgehead atoms. The van der Waals surface area contributed by atoms with Crippen molar-refractivity contribution in [2.45, 2.75) is 32.9 Å². The Kier molecular flexibility index (Phi) is 4.10. The lowest BCUT2D eigenvalue weighted by Gasteiger charge is -2.17. The first-order valence-corrected chi connectivity index (χ1v) is 6.35. The van der Waals surface area contributed by atoms with E-state index in [-0.39, 0.29) is 6.04 Å². The van der Waals surface area contributed by atoms with Crippen LogP contribution in [0.15, 0.2) is 30.7 Å². The third kappa shape index (κ3) is 2.59. The van der Waals surface area contributed by atoms with Crippen molar-refractivity contribution in [3.63, 3.8) is 0 Å². The maximum atomic E-state index is 4.49. The molecule has 4 nitrogen and oxygen atoms in total. The molecule has 0 spiro atoms. The van der Waals surface area contributed by atoms with Crippen LogP contribution in [-0.4, -0.2) is 21.6 Å². The van der Waals surface area contributed by atoms with Crippen molar-refractivity contribution in [2.24, 2.45) is 0 Å². The van der Waals surface area contributed by atoms with Crippen molar-refractivity contribution in [1.29, 1.82) is 0 Å². The molecule has 4 heteroatoms. The van der Waals surface area contributed by atoms with Gasteiger partial charge in [-0.3, -0.25) is 4.98 Å². The highest BCUT2D eigenvalue weighted by Gasteiger charge is 2.16. The van der Waals surface area contributed by atoms with Gasteiger partial charge in [0, 0.05) is 31.6 Å². The van der Waals surface area contributed by atoms with Gasteiger partial charge in [0.25, 0.3) is 0 Å². The summed E-state index contributed by atoms with van der Waals surface area (Å²) < 4.78 is 2.17. The third-order valence-electron chi connectivity index (χ3n) is 3.26. The van der Waals surface area contributed by atoms with E-state index in [1.165, 1.54) is 5.56 Å². The Morgan fingerprint density at radius 1 is 1.33 bits per heavy atom. The zero-order valence-electron chi connectivity index (χ0n) is 11.2. The molecule has 0 fully saturated rings. The molecule has 0 aromatic carbocycles. The molecule has 2 aromatic heterocycles. The Bertz CT molecular complexity index is 504. The third-order valence-corrected chi connectivity index (χ3v) is 3.26. The molecule has 96 valence electrons. The number of nitrogens with one attached hydrogen (secondary N) is 1. The normalized spacial score (nSPS) is 12.6. The summed E-state index contributed by atoms with van der Waals surface area (Å²) in [6.07, 6.45) is 6.58. The molecule has 0 saturated heterocycles. The van der Waals surface area contributed by atoms with Gasteiger partial charge in [-0.05, 0) is 32.5 Å². The minimum atomic E-state index is 0.207. The molecule has 1 atom stereocenters. The number of imidazole rings is 1. The van der Waals surface area contributed by atoms with Gasteiger partial charge in [-0.1, -0.05) is 6.07 Å². The van der Waals surface area contributed by atoms with E-state index in [9.17, 15) is 0 Å². The van der Waals surface area contributed by atoms with Crippen molar-refractivity contribution < 1.29 is 0 Å². The SMILES string of the molecule is CCn1ccnc1CC(NC)c1ncccc1C. The smallest absolute Gasteiger partial charge is 0.110 e. The van der Waals surface area contributed by atoms with E-state index in [2.05, 4.69) is 39.8 Å². The number of likely N-dealkylation sites (N-methyl/N-ethyl adjacent to an activating group) is 1. The van der Waals surface area contributed by atoms with E-state index < -0.39 is 0 Å². The predicted octanol–water partition coefficient (Wildman–Crippen LogP) is 2.11. The van der Waals surface area contributed by atoms with E-state index in [1.807, 2.05) is 31.7 Å². The maximum Gasteiger partial charge on any atom is 0.110 e. The van der Waals surface area contributed by atoms with Crippen molar-refractivity contribution >= 4 is 0 Å². The van der Waals surface area contributed by atoms with E-state index in [1.54, 1.807) is 0 Å². The molecule has 0 aliphatic heterocycles. The van der Waals surface area contributed by atoms with Gasteiger partial charge >= 0.3 is 0 Å². The van der Waals surface area contributed by atoms with Gasteiger partial charge in [0.05, 0.1) is 11.7 Å². The Hall–Kier alpha value is -1.68. The van der Waals surface area contributed by atoms with Crippen LogP contribution < -0.4 is 5.32 Å². The highest BCUT2D eigenvalue weighted by Crippen LogP contribution is 2.18. The average molecular weight is 244 g/mol. The molecule has 1 unspecified atom stereocenters. The summed E-state index contributed by atoms with van der Waals surface area (Å²) in [5, 5.41) is 3.33. The van der Waals surface area contributed by atoms with Crippen LogP contribution in [0.3, 0.4) is 0 Å². The highest BCUT2D eigenvalue weighted by atomic mass is 15.1. The van der Waals surface area contributed by atoms with Crippen LogP contribution in [0.1, 0.15) is 30.0 Å². The van der Waals surface area contributed by atoms with Crippen LogP contribution >= 0.6 is 0 Å². The molecule has 2 rings (SSSR count). The Morgan fingerprint density at radius 3 is 2.83 bits per heavy atom. The first-order valence-electron chi connectivity index (χ1n) is 6.35. The van der Waals surface area contributed by atoms with Gasteiger partial charge in [0.15, 0.2) is 0 Å².